The SMILES string of the molecule is CCc1cn(CO)nn1. The zero-order chi connectivity index (χ0) is 6.69. The highest BCUT2D eigenvalue weighted by atomic mass is 16.3. The molecule has 0 spiro atoms. The van der Waals surface area contributed by atoms with E-state index < -0.39 is 0 Å². The molecule has 0 amide bonds. The van der Waals surface area contributed by atoms with E-state index in [0.717, 1.165) is 12.1 Å². The summed E-state index contributed by atoms with van der Waals surface area (Å²) in [6, 6.07) is 0. The van der Waals surface area contributed by atoms with Gasteiger partial charge in [0.2, 0.25) is 0 Å². The number of nitrogens with zero attached hydrogens (tertiary/aromatic N) is 3. The van der Waals surface area contributed by atoms with Gasteiger partial charge < -0.3 is 5.11 Å². The van der Waals surface area contributed by atoms with Gasteiger partial charge >= 0.3 is 0 Å². The Kier molecular flexibility index (Phi) is 1.79. The fourth-order valence-electron chi connectivity index (χ4n) is 0.570. The van der Waals surface area contributed by atoms with Gasteiger partial charge in [-0.15, -0.1) is 5.10 Å². The molecular weight excluding hydrogens is 118 g/mol. The Balaban J connectivity index is 2.74. The van der Waals surface area contributed by atoms with E-state index >= 15 is 0 Å². The minimum Gasteiger partial charge on any atom is -0.374 e. The van der Waals surface area contributed by atoms with Gasteiger partial charge in [-0.2, -0.15) is 0 Å². The zero-order valence-electron chi connectivity index (χ0n) is 5.28. The Morgan fingerprint density at radius 3 is 2.89 bits per heavy atom. The predicted octanol–water partition coefficient (Wildman–Crippen LogP) is -0.210. The molecule has 0 saturated heterocycles. The van der Waals surface area contributed by atoms with Crippen molar-refractivity contribution in [2.45, 2.75) is 20.1 Å². The molecule has 4 heteroatoms. The number of aromatic nitrogens is 3. The smallest absolute Gasteiger partial charge is 0.137 e. The summed E-state index contributed by atoms with van der Waals surface area (Å²) in [5.41, 5.74) is 0.907. The van der Waals surface area contributed by atoms with E-state index in [4.69, 9.17) is 5.11 Å². The molecule has 0 aromatic carbocycles. The number of hydrogen-bond donors (Lipinski definition) is 1. The minimum atomic E-state index is -0.0903. The van der Waals surface area contributed by atoms with Crippen molar-refractivity contribution < 1.29 is 5.11 Å². The van der Waals surface area contributed by atoms with Crippen LogP contribution in [0.3, 0.4) is 0 Å². The third-order valence-corrected chi connectivity index (χ3v) is 1.09. The maximum Gasteiger partial charge on any atom is 0.137 e. The maximum absolute atomic E-state index is 8.51. The average molecular weight is 127 g/mol. The zero-order valence-corrected chi connectivity index (χ0v) is 5.28. The van der Waals surface area contributed by atoms with Crippen LogP contribution in [-0.4, -0.2) is 20.1 Å². The lowest BCUT2D eigenvalue weighted by atomic mass is 10.4. The predicted molar refractivity (Wildman–Crippen MR) is 31.6 cm³/mol. The van der Waals surface area contributed by atoms with Crippen LogP contribution in [0.4, 0.5) is 0 Å². The Labute approximate surface area is 53.1 Å². The molecule has 1 rings (SSSR count). The van der Waals surface area contributed by atoms with Crippen LogP contribution in [0, 0.1) is 0 Å². The molecule has 4 nitrogen and oxygen atoms in total. The van der Waals surface area contributed by atoms with Crippen LogP contribution < -0.4 is 0 Å². The molecule has 1 heterocycles. The van der Waals surface area contributed by atoms with E-state index in [0.29, 0.717) is 0 Å². The van der Waals surface area contributed by atoms with Gasteiger partial charge in [0.15, 0.2) is 0 Å². The Morgan fingerprint density at radius 1 is 1.78 bits per heavy atom. The summed E-state index contributed by atoms with van der Waals surface area (Å²) in [5, 5.41) is 15.9. The van der Waals surface area contributed by atoms with Crippen molar-refractivity contribution in [3.63, 3.8) is 0 Å². The number of aliphatic hydroxyl groups excluding tert-OH is 1. The molecule has 1 aromatic rings. The first-order valence-corrected chi connectivity index (χ1v) is 2.86. The minimum absolute atomic E-state index is 0.0903. The molecular formula is C5H9N3O. The van der Waals surface area contributed by atoms with Crippen LogP contribution in [0.2, 0.25) is 0 Å². The lowest BCUT2D eigenvalue weighted by Gasteiger charge is -1.86. The van der Waals surface area contributed by atoms with Crippen molar-refractivity contribution in [2.24, 2.45) is 0 Å². The third kappa shape index (κ3) is 1.26. The van der Waals surface area contributed by atoms with Crippen LogP contribution >= 0.6 is 0 Å². The molecule has 0 unspecified atom stereocenters. The number of hydrogen-bond acceptors (Lipinski definition) is 3. The van der Waals surface area contributed by atoms with Crippen LogP contribution in [0.15, 0.2) is 6.20 Å². The van der Waals surface area contributed by atoms with E-state index in [1.165, 1.54) is 4.68 Å². The largest absolute Gasteiger partial charge is 0.374 e. The number of rotatable bonds is 2. The van der Waals surface area contributed by atoms with E-state index in [9.17, 15) is 0 Å². The topological polar surface area (TPSA) is 50.9 Å². The van der Waals surface area contributed by atoms with Crippen molar-refractivity contribution in [2.75, 3.05) is 0 Å². The van der Waals surface area contributed by atoms with Crippen LogP contribution in [0.5, 0.6) is 0 Å². The summed E-state index contributed by atoms with van der Waals surface area (Å²) >= 11 is 0. The summed E-state index contributed by atoms with van der Waals surface area (Å²) in [4.78, 5) is 0. The second-order valence-corrected chi connectivity index (χ2v) is 1.74. The molecule has 1 N–H and O–H groups in total. The molecule has 9 heavy (non-hydrogen) atoms. The Hall–Kier alpha value is -0.900. The molecule has 0 radical (unpaired) electrons. The monoisotopic (exact) mass is 127 g/mol. The van der Waals surface area contributed by atoms with Crippen molar-refractivity contribution >= 4 is 0 Å². The molecule has 0 saturated carbocycles. The Morgan fingerprint density at radius 2 is 2.56 bits per heavy atom. The highest BCUT2D eigenvalue weighted by Crippen LogP contribution is 1.91. The second kappa shape index (κ2) is 2.59. The standard InChI is InChI=1S/C5H9N3O/c1-2-5-3-8(4-9)7-6-5/h3,9H,2,4H2,1H3. The maximum atomic E-state index is 8.51. The normalized spacial score (nSPS) is 10.0. The van der Waals surface area contributed by atoms with E-state index in [2.05, 4.69) is 10.3 Å². The molecule has 50 valence electrons. The van der Waals surface area contributed by atoms with E-state index in [1.807, 2.05) is 6.92 Å². The van der Waals surface area contributed by atoms with Crippen LogP contribution in [0.25, 0.3) is 0 Å². The summed E-state index contributed by atoms with van der Waals surface area (Å²) in [7, 11) is 0. The first-order chi connectivity index (χ1) is 4.36. The fraction of sp³-hybridized carbons (Fsp3) is 0.600. The van der Waals surface area contributed by atoms with Gasteiger partial charge in [-0.3, -0.25) is 0 Å². The van der Waals surface area contributed by atoms with Crippen molar-refractivity contribution in [1.29, 1.82) is 0 Å². The molecule has 0 aliphatic rings. The van der Waals surface area contributed by atoms with Crippen molar-refractivity contribution in [3.8, 4) is 0 Å². The third-order valence-electron chi connectivity index (χ3n) is 1.09. The lowest BCUT2D eigenvalue weighted by molar-refractivity contribution is 0.192. The summed E-state index contributed by atoms with van der Waals surface area (Å²) in [6.45, 7) is 1.90. The van der Waals surface area contributed by atoms with Gasteiger partial charge in [0, 0.05) is 0 Å². The highest BCUT2D eigenvalue weighted by Gasteiger charge is 1.93. The number of aliphatic hydroxyl groups is 1. The fourth-order valence-corrected chi connectivity index (χ4v) is 0.570. The van der Waals surface area contributed by atoms with E-state index in [1.54, 1.807) is 6.20 Å². The van der Waals surface area contributed by atoms with Gasteiger partial charge in [0.25, 0.3) is 0 Å². The van der Waals surface area contributed by atoms with Gasteiger partial charge in [0.1, 0.15) is 6.73 Å². The lowest BCUT2D eigenvalue weighted by Crippen LogP contribution is -1.95. The average Bonchev–Trinajstić information content (AvgIpc) is 2.34. The summed E-state index contributed by atoms with van der Waals surface area (Å²) in [6.07, 6.45) is 2.58. The highest BCUT2D eigenvalue weighted by molar-refractivity contribution is 4.90. The summed E-state index contributed by atoms with van der Waals surface area (Å²) in [5.74, 6) is 0. The van der Waals surface area contributed by atoms with Crippen molar-refractivity contribution in [1.82, 2.24) is 15.0 Å². The Bertz CT molecular complexity index is 166. The molecule has 0 bridgehead atoms. The molecule has 1 aromatic heterocycles. The molecule has 0 aliphatic heterocycles. The van der Waals surface area contributed by atoms with Gasteiger partial charge in [0.05, 0.1) is 11.9 Å². The second-order valence-electron chi connectivity index (χ2n) is 1.74. The van der Waals surface area contributed by atoms with Crippen LogP contribution in [0.1, 0.15) is 12.6 Å². The molecule has 0 fully saturated rings. The quantitative estimate of drug-likeness (QED) is 0.598. The first-order valence-electron chi connectivity index (χ1n) is 2.86. The van der Waals surface area contributed by atoms with Crippen LogP contribution in [-0.2, 0) is 13.2 Å². The van der Waals surface area contributed by atoms with E-state index in [-0.39, 0.29) is 6.73 Å². The molecule has 0 aliphatic carbocycles. The van der Waals surface area contributed by atoms with Crippen molar-refractivity contribution in [3.05, 3.63) is 11.9 Å². The van der Waals surface area contributed by atoms with Gasteiger partial charge in [-0.25, -0.2) is 4.68 Å². The first kappa shape index (κ1) is 6.22. The van der Waals surface area contributed by atoms with Gasteiger partial charge in [-0.05, 0) is 6.42 Å². The summed E-state index contributed by atoms with van der Waals surface area (Å²) < 4.78 is 1.39. The number of aryl methyl sites for hydroxylation is 1. The molecule has 0 atom stereocenters. The van der Waals surface area contributed by atoms with Gasteiger partial charge in [-0.1, -0.05) is 12.1 Å².